The van der Waals surface area contributed by atoms with E-state index in [1.165, 1.54) is 28.8 Å². The first-order valence-corrected chi connectivity index (χ1v) is 10.4. The third-order valence-corrected chi connectivity index (χ3v) is 6.15. The van der Waals surface area contributed by atoms with Crippen molar-refractivity contribution in [2.45, 2.75) is 11.6 Å². The molecule has 26 heavy (non-hydrogen) atoms. The van der Waals surface area contributed by atoms with Crippen LogP contribution in [0.4, 0.5) is 5.69 Å². The van der Waals surface area contributed by atoms with Crippen LogP contribution < -0.4 is 5.32 Å². The first-order chi connectivity index (χ1) is 12.4. The Morgan fingerprint density at radius 3 is 2.65 bits per heavy atom. The van der Waals surface area contributed by atoms with Crippen molar-refractivity contribution in [3.05, 3.63) is 55.4 Å². The quantitative estimate of drug-likeness (QED) is 0.530. The third kappa shape index (κ3) is 4.72. The van der Waals surface area contributed by atoms with Gasteiger partial charge in [-0.3, -0.25) is 4.79 Å². The first kappa shape index (κ1) is 19.5. The van der Waals surface area contributed by atoms with Gasteiger partial charge in [0.1, 0.15) is 5.82 Å². The largest absolute Gasteiger partial charge is 0.323 e. The number of nitrogens with zero attached hydrogens (tertiary/aromatic N) is 3. The van der Waals surface area contributed by atoms with Crippen LogP contribution >= 0.6 is 57.9 Å². The number of benzene rings is 1. The van der Waals surface area contributed by atoms with Gasteiger partial charge in [-0.1, -0.05) is 52.6 Å². The minimum Gasteiger partial charge on any atom is -0.323 e. The highest BCUT2D eigenvalue weighted by atomic mass is 35.5. The monoisotopic (exact) mass is 446 g/mol. The smallest absolute Gasteiger partial charge is 0.234 e. The van der Waals surface area contributed by atoms with Crippen LogP contribution in [0.2, 0.25) is 15.1 Å². The van der Waals surface area contributed by atoms with E-state index in [4.69, 9.17) is 34.8 Å². The molecule has 0 bridgehead atoms. The Morgan fingerprint density at radius 2 is 2.00 bits per heavy atom. The Morgan fingerprint density at radius 1 is 1.27 bits per heavy atom. The van der Waals surface area contributed by atoms with Gasteiger partial charge in [0.25, 0.3) is 0 Å². The Kier molecular flexibility index (Phi) is 6.47. The summed E-state index contributed by atoms with van der Waals surface area (Å²) < 4.78 is 1.89. The maximum atomic E-state index is 12.2. The molecule has 2 heterocycles. The molecule has 1 aromatic carbocycles. The van der Waals surface area contributed by atoms with Crippen LogP contribution in [0, 0.1) is 0 Å². The van der Waals surface area contributed by atoms with E-state index in [1.807, 2.05) is 23.1 Å². The molecule has 2 aromatic heterocycles. The molecule has 0 radical (unpaired) electrons. The van der Waals surface area contributed by atoms with Crippen LogP contribution in [0.1, 0.15) is 10.7 Å². The van der Waals surface area contributed by atoms with Gasteiger partial charge in [0.2, 0.25) is 5.91 Å². The summed E-state index contributed by atoms with van der Waals surface area (Å²) in [7, 11) is 1.89. The Hall–Kier alpha value is -1.25. The molecule has 0 aliphatic rings. The predicted molar refractivity (Wildman–Crippen MR) is 109 cm³/mol. The zero-order chi connectivity index (χ0) is 18.7. The fourth-order valence-corrected chi connectivity index (χ4v) is 4.50. The number of hydrogen-bond acceptors (Lipinski definition) is 5. The lowest BCUT2D eigenvalue weighted by Gasteiger charge is -2.09. The van der Waals surface area contributed by atoms with Gasteiger partial charge in [-0.15, -0.1) is 21.5 Å². The van der Waals surface area contributed by atoms with Crippen molar-refractivity contribution in [1.29, 1.82) is 0 Å². The Labute approximate surface area is 173 Å². The fraction of sp³-hybridized carbons (Fsp3) is 0.188. The van der Waals surface area contributed by atoms with Gasteiger partial charge in [0.15, 0.2) is 5.16 Å². The number of rotatable bonds is 6. The molecule has 136 valence electrons. The number of hydrogen-bond donors (Lipinski definition) is 1. The molecule has 0 saturated carbocycles. The Balaban J connectivity index is 1.61. The second-order valence-corrected chi connectivity index (χ2v) is 8.52. The van der Waals surface area contributed by atoms with E-state index in [1.54, 1.807) is 11.3 Å². The van der Waals surface area contributed by atoms with E-state index in [-0.39, 0.29) is 21.7 Å². The number of thiophene rings is 1. The van der Waals surface area contributed by atoms with Crippen LogP contribution in [0.5, 0.6) is 0 Å². The molecular formula is C16H13Cl3N4OS2. The highest BCUT2D eigenvalue weighted by Gasteiger charge is 2.15. The summed E-state index contributed by atoms with van der Waals surface area (Å²) in [6.07, 6.45) is 0.712. The van der Waals surface area contributed by atoms with Gasteiger partial charge in [-0.05, 0) is 23.6 Å². The third-order valence-electron chi connectivity index (χ3n) is 3.44. The zero-order valence-corrected chi connectivity index (χ0v) is 17.4. The second kappa shape index (κ2) is 8.63. The summed E-state index contributed by atoms with van der Waals surface area (Å²) in [4.78, 5) is 13.4. The number of carbonyl (C=O) groups excluding carboxylic acids is 1. The number of anilines is 1. The van der Waals surface area contributed by atoms with Crippen molar-refractivity contribution in [3.8, 4) is 0 Å². The number of amides is 1. The maximum Gasteiger partial charge on any atom is 0.234 e. The molecule has 1 N–H and O–H groups in total. The molecule has 10 heteroatoms. The fourth-order valence-electron chi connectivity index (χ4n) is 2.16. The van der Waals surface area contributed by atoms with Gasteiger partial charge < -0.3 is 9.88 Å². The lowest BCUT2D eigenvalue weighted by molar-refractivity contribution is -0.113. The SMILES string of the molecule is Cn1c(Cc2cccs2)nnc1SCC(=O)Nc1c(Cl)cc(Cl)cc1Cl. The Bertz CT molecular complexity index is 905. The van der Waals surface area contributed by atoms with Crippen LogP contribution in [0.15, 0.2) is 34.8 Å². The van der Waals surface area contributed by atoms with Crippen LogP contribution in [-0.4, -0.2) is 26.4 Å². The summed E-state index contributed by atoms with van der Waals surface area (Å²) in [5.41, 5.74) is 0.347. The van der Waals surface area contributed by atoms with Gasteiger partial charge in [-0.25, -0.2) is 0 Å². The molecule has 0 aliphatic carbocycles. The molecule has 0 spiro atoms. The van der Waals surface area contributed by atoms with Gasteiger partial charge in [0, 0.05) is 23.4 Å². The molecule has 3 rings (SSSR count). The average molecular weight is 448 g/mol. The van der Waals surface area contributed by atoms with E-state index in [0.29, 0.717) is 22.3 Å². The van der Waals surface area contributed by atoms with Crippen molar-refractivity contribution < 1.29 is 4.79 Å². The normalized spacial score (nSPS) is 10.9. The van der Waals surface area contributed by atoms with Gasteiger partial charge >= 0.3 is 0 Å². The molecule has 5 nitrogen and oxygen atoms in total. The topological polar surface area (TPSA) is 59.8 Å². The summed E-state index contributed by atoms with van der Waals surface area (Å²) in [5.74, 6) is 0.753. The number of carbonyl (C=O) groups is 1. The highest BCUT2D eigenvalue weighted by molar-refractivity contribution is 7.99. The number of nitrogens with one attached hydrogen (secondary N) is 1. The lowest BCUT2D eigenvalue weighted by Crippen LogP contribution is -2.15. The van der Waals surface area contributed by atoms with Crippen molar-refractivity contribution in [1.82, 2.24) is 14.8 Å². The maximum absolute atomic E-state index is 12.2. The van der Waals surface area contributed by atoms with Crippen molar-refractivity contribution in [2.24, 2.45) is 7.05 Å². The van der Waals surface area contributed by atoms with Crippen LogP contribution in [-0.2, 0) is 18.3 Å². The average Bonchev–Trinajstić information content (AvgIpc) is 3.21. The van der Waals surface area contributed by atoms with Gasteiger partial charge in [-0.2, -0.15) is 0 Å². The molecule has 0 aliphatic heterocycles. The summed E-state index contributed by atoms with van der Waals surface area (Å²) in [6, 6.07) is 7.11. The molecule has 1 amide bonds. The van der Waals surface area contributed by atoms with Crippen molar-refractivity contribution in [2.75, 3.05) is 11.1 Å². The molecule has 3 aromatic rings. The van der Waals surface area contributed by atoms with Crippen LogP contribution in [0.3, 0.4) is 0 Å². The molecule has 0 unspecified atom stereocenters. The number of aromatic nitrogens is 3. The van der Waals surface area contributed by atoms with E-state index in [2.05, 4.69) is 21.6 Å². The minimum absolute atomic E-state index is 0.153. The van der Waals surface area contributed by atoms with Crippen molar-refractivity contribution >= 4 is 69.5 Å². The second-order valence-electron chi connectivity index (χ2n) is 5.30. The molecular weight excluding hydrogens is 435 g/mol. The zero-order valence-electron chi connectivity index (χ0n) is 13.5. The lowest BCUT2D eigenvalue weighted by atomic mass is 10.3. The van der Waals surface area contributed by atoms with E-state index < -0.39 is 0 Å². The summed E-state index contributed by atoms with van der Waals surface area (Å²) in [6.45, 7) is 0. The molecule has 0 fully saturated rings. The first-order valence-electron chi connectivity index (χ1n) is 7.42. The number of thioether (sulfide) groups is 1. The summed E-state index contributed by atoms with van der Waals surface area (Å²) in [5, 5.41) is 14.7. The minimum atomic E-state index is -0.246. The molecule has 0 atom stereocenters. The van der Waals surface area contributed by atoms with Gasteiger partial charge in [0.05, 0.1) is 21.5 Å². The van der Waals surface area contributed by atoms with E-state index in [0.717, 1.165) is 5.82 Å². The van der Waals surface area contributed by atoms with E-state index in [9.17, 15) is 4.79 Å². The van der Waals surface area contributed by atoms with Crippen molar-refractivity contribution in [3.63, 3.8) is 0 Å². The molecule has 0 saturated heterocycles. The predicted octanol–water partition coefficient (Wildman–Crippen LogP) is 5.16. The summed E-state index contributed by atoms with van der Waals surface area (Å²) >= 11 is 21.0. The highest BCUT2D eigenvalue weighted by Crippen LogP contribution is 2.33. The van der Waals surface area contributed by atoms with Crippen LogP contribution in [0.25, 0.3) is 0 Å². The standard InChI is InChI=1S/C16H13Cl3N4OS2/c1-23-13(7-10-3-2-4-25-10)21-22-16(23)26-8-14(24)20-15-11(18)5-9(17)6-12(15)19/h2-6H,7-8H2,1H3,(H,20,24). The van der Waals surface area contributed by atoms with E-state index >= 15 is 0 Å². The number of halogens is 3.